The second-order valence-electron chi connectivity index (χ2n) is 3.63. The molecule has 0 aliphatic rings. The molecule has 1 unspecified atom stereocenters. The van der Waals surface area contributed by atoms with Crippen LogP contribution >= 0.6 is 0 Å². The highest BCUT2D eigenvalue weighted by molar-refractivity contribution is 5.95. The van der Waals surface area contributed by atoms with Crippen molar-refractivity contribution in [3.8, 4) is 0 Å². The van der Waals surface area contributed by atoms with Crippen molar-refractivity contribution < 1.29 is 19.1 Å². The zero-order valence-corrected chi connectivity index (χ0v) is 10.3. The number of benzene rings is 1. The minimum absolute atomic E-state index is 0.119. The molecule has 2 N–H and O–H groups in total. The van der Waals surface area contributed by atoms with Gasteiger partial charge in [0.1, 0.15) is 6.61 Å². The number of rotatable bonds is 6. The summed E-state index contributed by atoms with van der Waals surface area (Å²) in [7, 11) is 0. The van der Waals surface area contributed by atoms with Crippen molar-refractivity contribution in [2.75, 3.05) is 13.2 Å². The van der Waals surface area contributed by atoms with Crippen molar-refractivity contribution in [3.05, 3.63) is 35.9 Å². The van der Waals surface area contributed by atoms with Crippen LogP contribution in [0.15, 0.2) is 30.3 Å². The molecule has 1 aromatic rings. The monoisotopic (exact) mass is 251 g/mol. The third-order valence-corrected chi connectivity index (χ3v) is 2.32. The van der Waals surface area contributed by atoms with Gasteiger partial charge in [-0.2, -0.15) is 0 Å². The Morgan fingerprint density at radius 2 is 1.78 bits per heavy atom. The molecule has 0 aliphatic heterocycles. The number of carbonyl (C=O) groups is 2. The zero-order chi connectivity index (χ0) is 13.4. The van der Waals surface area contributed by atoms with E-state index < -0.39 is 17.9 Å². The third kappa shape index (κ3) is 4.18. The van der Waals surface area contributed by atoms with Gasteiger partial charge in [0.05, 0.1) is 6.61 Å². The van der Waals surface area contributed by atoms with Crippen LogP contribution in [0, 0.1) is 5.92 Å². The Kier molecular flexibility index (Phi) is 5.87. The summed E-state index contributed by atoms with van der Waals surface area (Å²) in [6.07, 6.45) is 0. The van der Waals surface area contributed by atoms with Gasteiger partial charge in [0, 0.05) is 6.54 Å². The zero-order valence-electron chi connectivity index (χ0n) is 10.3. The summed E-state index contributed by atoms with van der Waals surface area (Å²) >= 11 is 0. The molecule has 0 radical (unpaired) electrons. The maximum absolute atomic E-state index is 11.7. The molecule has 0 aliphatic carbocycles. The number of hydrogen-bond acceptors (Lipinski definition) is 5. The van der Waals surface area contributed by atoms with Crippen molar-refractivity contribution in [1.29, 1.82) is 0 Å². The quantitative estimate of drug-likeness (QED) is 0.599. The molecular formula is C13H17NO4. The summed E-state index contributed by atoms with van der Waals surface area (Å²) in [5.41, 5.74) is 6.22. The van der Waals surface area contributed by atoms with Crippen LogP contribution in [0.1, 0.15) is 12.5 Å². The molecule has 98 valence electrons. The number of nitrogens with two attached hydrogens (primary N) is 1. The molecule has 18 heavy (non-hydrogen) atoms. The van der Waals surface area contributed by atoms with E-state index in [1.165, 1.54) is 0 Å². The molecular weight excluding hydrogens is 234 g/mol. The Bertz CT molecular complexity index is 391. The fourth-order valence-electron chi connectivity index (χ4n) is 1.36. The largest absolute Gasteiger partial charge is 0.465 e. The summed E-state index contributed by atoms with van der Waals surface area (Å²) in [6, 6.07) is 9.21. The number of esters is 2. The summed E-state index contributed by atoms with van der Waals surface area (Å²) < 4.78 is 9.78. The van der Waals surface area contributed by atoms with E-state index in [-0.39, 0.29) is 19.8 Å². The molecule has 1 aromatic carbocycles. The van der Waals surface area contributed by atoms with Gasteiger partial charge in [-0.3, -0.25) is 9.59 Å². The van der Waals surface area contributed by atoms with Crippen molar-refractivity contribution >= 4 is 11.9 Å². The minimum atomic E-state index is -1.05. The van der Waals surface area contributed by atoms with E-state index in [2.05, 4.69) is 0 Å². The number of ether oxygens (including phenoxy) is 2. The Labute approximate surface area is 106 Å². The van der Waals surface area contributed by atoms with Gasteiger partial charge in [0.15, 0.2) is 5.92 Å². The van der Waals surface area contributed by atoms with Crippen LogP contribution in [-0.2, 0) is 25.7 Å². The fourth-order valence-corrected chi connectivity index (χ4v) is 1.36. The number of hydrogen-bond donors (Lipinski definition) is 1. The van der Waals surface area contributed by atoms with Gasteiger partial charge >= 0.3 is 11.9 Å². The summed E-state index contributed by atoms with van der Waals surface area (Å²) in [5, 5.41) is 0. The Morgan fingerprint density at radius 3 is 2.33 bits per heavy atom. The first-order valence-electron chi connectivity index (χ1n) is 5.76. The normalized spacial score (nSPS) is 11.7. The fraction of sp³-hybridized carbons (Fsp3) is 0.385. The van der Waals surface area contributed by atoms with Gasteiger partial charge < -0.3 is 15.2 Å². The Morgan fingerprint density at radius 1 is 1.17 bits per heavy atom. The maximum atomic E-state index is 11.7. The molecule has 0 amide bonds. The van der Waals surface area contributed by atoms with Crippen LogP contribution in [0.4, 0.5) is 0 Å². The maximum Gasteiger partial charge on any atom is 0.321 e. The first-order chi connectivity index (χ1) is 8.69. The van der Waals surface area contributed by atoms with Crippen LogP contribution in [0.2, 0.25) is 0 Å². The lowest BCUT2D eigenvalue weighted by molar-refractivity contribution is -0.162. The van der Waals surface area contributed by atoms with E-state index >= 15 is 0 Å². The van der Waals surface area contributed by atoms with E-state index in [9.17, 15) is 9.59 Å². The standard InChI is InChI=1S/C13H17NO4/c1-2-17-12(15)11(8-14)13(16)18-9-10-6-4-3-5-7-10/h3-7,11H,2,8-9,14H2,1H3. The van der Waals surface area contributed by atoms with Gasteiger partial charge in [-0.1, -0.05) is 30.3 Å². The van der Waals surface area contributed by atoms with Crippen LogP contribution in [0.25, 0.3) is 0 Å². The average molecular weight is 251 g/mol. The lowest BCUT2D eigenvalue weighted by Gasteiger charge is -2.12. The van der Waals surface area contributed by atoms with Gasteiger partial charge in [-0.05, 0) is 12.5 Å². The highest BCUT2D eigenvalue weighted by atomic mass is 16.6. The average Bonchev–Trinajstić information content (AvgIpc) is 2.39. The third-order valence-electron chi connectivity index (χ3n) is 2.32. The van der Waals surface area contributed by atoms with E-state index in [0.717, 1.165) is 5.56 Å². The lowest BCUT2D eigenvalue weighted by Crippen LogP contribution is -2.34. The molecule has 0 spiro atoms. The molecule has 0 aromatic heterocycles. The van der Waals surface area contributed by atoms with E-state index in [0.29, 0.717) is 0 Å². The van der Waals surface area contributed by atoms with Crippen LogP contribution in [0.3, 0.4) is 0 Å². The van der Waals surface area contributed by atoms with Crippen LogP contribution in [-0.4, -0.2) is 25.1 Å². The van der Waals surface area contributed by atoms with Crippen molar-refractivity contribution in [1.82, 2.24) is 0 Å². The minimum Gasteiger partial charge on any atom is -0.465 e. The van der Waals surface area contributed by atoms with Crippen molar-refractivity contribution in [2.45, 2.75) is 13.5 Å². The van der Waals surface area contributed by atoms with Crippen molar-refractivity contribution in [2.24, 2.45) is 11.7 Å². The van der Waals surface area contributed by atoms with E-state index in [1.807, 2.05) is 30.3 Å². The van der Waals surface area contributed by atoms with Gasteiger partial charge in [-0.15, -0.1) is 0 Å². The summed E-state index contributed by atoms with van der Waals surface area (Å²) in [6.45, 7) is 1.88. The molecule has 0 bridgehead atoms. The lowest BCUT2D eigenvalue weighted by atomic mass is 10.1. The molecule has 0 fully saturated rings. The van der Waals surface area contributed by atoms with Crippen molar-refractivity contribution in [3.63, 3.8) is 0 Å². The second-order valence-corrected chi connectivity index (χ2v) is 3.63. The topological polar surface area (TPSA) is 78.6 Å². The number of carbonyl (C=O) groups excluding carboxylic acids is 2. The van der Waals surface area contributed by atoms with E-state index in [4.69, 9.17) is 15.2 Å². The highest BCUT2D eigenvalue weighted by Gasteiger charge is 2.28. The molecule has 1 rings (SSSR count). The molecule has 0 heterocycles. The smallest absolute Gasteiger partial charge is 0.321 e. The predicted molar refractivity (Wildman–Crippen MR) is 65.4 cm³/mol. The SMILES string of the molecule is CCOC(=O)C(CN)C(=O)OCc1ccccc1. The summed E-state index contributed by atoms with van der Waals surface area (Å²) in [5.74, 6) is -2.34. The first kappa shape index (κ1) is 14.2. The Hall–Kier alpha value is -1.88. The first-order valence-corrected chi connectivity index (χ1v) is 5.76. The van der Waals surface area contributed by atoms with E-state index in [1.54, 1.807) is 6.92 Å². The predicted octanol–water partition coefficient (Wildman–Crippen LogP) is 0.868. The molecule has 0 saturated carbocycles. The van der Waals surface area contributed by atoms with Gasteiger partial charge in [-0.25, -0.2) is 0 Å². The molecule has 0 saturated heterocycles. The second kappa shape index (κ2) is 7.45. The highest BCUT2D eigenvalue weighted by Crippen LogP contribution is 2.06. The van der Waals surface area contributed by atoms with Crippen LogP contribution < -0.4 is 5.73 Å². The molecule has 1 atom stereocenters. The van der Waals surface area contributed by atoms with Gasteiger partial charge in [0.25, 0.3) is 0 Å². The Balaban J connectivity index is 2.50. The molecule has 5 nitrogen and oxygen atoms in total. The van der Waals surface area contributed by atoms with Gasteiger partial charge in [0.2, 0.25) is 0 Å². The summed E-state index contributed by atoms with van der Waals surface area (Å²) in [4.78, 5) is 23.1. The van der Waals surface area contributed by atoms with Crippen LogP contribution in [0.5, 0.6) is 0 Å². The molecule has 5 heteroatoms.